The first-order chi connectivity index (χ1) is 8.72. The average Bonchev–Trinajstić information content (AvgIpc) is 2.39. The van der Waals surface area contributed by atoms with Gasteiger partial charge in [-0.2, -0.15) is 0 Å². The van der Waals surface area contributed by atoms with Crippen LogP contribution in [0.5, 0.6) is 0 Å². The van der Waals surface area contributed by atoms with Crippen LogP contribution >= 0.6 is 28.3 Å². The number of methoxy groups -OCH3 is 1. The van der Waals surface area contributed by atoms with Crippen LogP contribution in [0.3, 0.4) is 0 Å². The average molecular weight is 351 g/mol. The molecule has 1 saturated heterocycles. The van der Waals surface area contributed by atoms with Gasteiger partial charge in [0.25, 0.3) is 0 Å². The summed E-state index contributed by atoms with van der Waals surface area (Å²) in [5.41, 5.74) is 7.09. The third-order valence-electron chi connectivity index (χ3n) is 3.54. The monoisotopic (exact) mass is 349 g/mol. The van der Waals surface area contributed by atoms with Gasteiger partial charge in [-0.15, -0.1) is 12.4 Å². The van der Waals surface area contributed by atoms with Crippen molar-refractivity contribution in [3.05, 3.63) is 28.5 Å². The quantitative estimate of drug-likeness (QED) is 0.904. The second kappa shape index (κ2) is 8.17. The van der Waals surface area contributed by atoms with Gasteiger partial charge < -0.3 is 10.5 Å². The molecule has 2 rings (SSSR count). The third-order valence-corrected chi connectivity index (χ3v) is 3.98. The summed E-state index contributed by atoms with van der Waals surface area (Å²) in [4.78, 5) is 6.63. The van der Waals surface area contributed by atoms with E-state index in [9.17, 15) is 0 Å². The molecule has 4 nitrogen and oxygen atoms in total. The summed E-state index contributed by atoms with van der Waals surface area (Å²) in [6, 6.07) is 2.52. The second-order valence-corrected chi connectivity index (χ2v) is 5.67. The summed E-state index contributed by atoms with van der Waals surface area (Å²) in [5.74, 6) is 0. The highest BCUT2D eigenvalue weighted by Crippen LogP contribution is 2.21. The molecule has 1 aromatic heterocycles. The van der Waals surface area contributed by atoms with Gasteiger partial charge in [-0.05, 0) is 40.4 Å². The van der Waals surface area contributed by atoms with Crippen molar-refractivity contribution in [1.82, 2.24) is 9.88 Å². The van der Waals surface area contributed by atoms with Gasteiger partial charge in [0.1, 0.15) is 0 Å². The van der Waals surface area contributed by atoms with Gasteiger partial charge in [0, 0.05) is 49.7 Å². The van der Waals surface area contributed by atoms with Crippen molar-refractivity contribution in [2.45, 2.75) is 31.5 Å². The Balaban J connectivity index is 0.00000180. The first-order valence-electron chi connectivity index (χ1n) is 6.29. The van der Waals surface area contributed by atoms with Crippen LogP contribution in [0.4, 0.5) is 0 Å². The number of nitrogens with zero attached hydrogens (tertiary/aromatic N) is 2. The Labute approximate surface area is 129 Å². The number of aromatic nitrogens is 1. The molecule has 1 aliphatic heterocycles. The first kappa shape index (κ1) is 16.9. The number of rotatable bonds is 4. The van der Waals surface area contributed by atoms with Gasteiger partial charge in [0.2, 0.25) is 0 Å². The van der Waals surface area contributed by atoms with E-state index in [4.69, 9.17) is 10.5 Å². The van der Waals surface area contributed by atoms with Crippen molar-refractivity contribution in [2.24, 2.45) is 5.73 Å². The molecule has 0 spiro atoms. The van der Waals surface area contributed by atoms with E-state index in [0.717, 1.165) is 30.4 Å². The van der Waals surface area contributed by atoms with E-state index >= 15 is 0 Å². The van der Waals surface area contributed by atoms with Crippen molar-refractivity contribution < 1.29 is 4.74 Å². The maximum atomic E-state index is 5.87. The second-order valence-electron chi connectivity index (χ2n) is 4.75. The molecule has 0 aromatic carbocycles. The molecule has 0 radical (unpaired) electrons. The van der Waals surface area contributed by atoms with Crippen molar-refractivity contribution in [1.29, 1.82) is 0 Å². The highest BCUT2D eigenvalue weighted by molar-refractivity contribution is 9.10. The lowest BCUT2D eigenvalue weighted by atomic mass is 9.98. The minimum absolute atomic E-state index is 0. The molecule has 19 heavy (non-hydrogen) atoms. The fourth-order valence-electron chi connectivity index (χ4n) is 2.51. The molecular weight excluding hydrogens is 330 g/mol. The minimum atomic E-state index is 0. The minimum Gasteiger partial charge on any atom is -0.381 e. The van der Waals surface area contributed by atoms with Crippen molar-refractivity contribution >= 4 is 28.3 Å². The molecular formula is C13H21BrClN3O. The zero-order valence-electron chi connectivity index (χ0n) is 11.1. The van der Waals surface area contributed by atoms with Gasteiger partial charge in [0.05, 0.1) is 6.10 Å². The zero-order valence-corrected chi connectivity index (χ0v) is 13.5. The van der Waals surface area contributed by atoms with E-state index in [1.54, 1.807) is 13.3 Å². The van der Waals surface area contributed by atoms with Gasteiger partial charge in [0.15, 0.2) is 0 Å². The fraction of sp³-hybridized carbons (Fsp3) is 0.615. The van der Waals surface area contributed by atoms with E-state index in [1.807, 2.05) is 6.20 Å². The first-order valence-corrected chi connectivity index (χ1v) is 7.08. The lowest BCUT2D eigenvalue weighted by Crippen LogP contribution is -2.47. The van der Waals surface area contributed by atoms with E-state index < -0.39 is 0 Å². The predicted octanol–water partition coefficient (Wildman–Crippen LogP) is 2.20. The van der Waals surface area contributed by atoms with Crippen molar-refractivity contribution in [3.8, 4) is 0 Å². The van der Waals surface area contributed by atoms with Crippen LogP contribution in [0.1, 0.15) is 18.4 Å². The fourth-order valence-corrected chi connectivity index (χ4v) is 2.92. The number of halogens is 2. The molecule has 108 valence electrons. The van der Waals surface area contributed by atoms with E-state index in [-0.39, 0.29) is 12.4 Å². The van der Waals surface area contributed by atoms with Gasteiger partial charge in [-0.3, -0.25) is 9.88 Å². The van der Waals surface area contributed by atoms with Crippen LogP contribution in [0, 0.1) is 0 Å². The summed E-state index contributed by atoms with van der Waals surface area (Å²) in [6.45, 7) is 2.62. The normalized spacial score (nSPS) is 23.9. The Bertz CT molecular complexity index is 394. The Kier molecular flexibility index (Phi) is 7.25. The standard InChI is InChI=1S/C13H20BrN3O.ClH/c1-18-13-2-3-17(12(5-13)6-15)9-10-4-11(14)8-16-7-10;/h4,7-8,12-13H,2-3,5-6,9,15H2,1H3;1H. The lowest BCUT2D eigenvalue weighted by molar-refractivity contribution is 0.0102. The van der Waals surface area contributed by atoms with E-state index in [0.29, 0.717) is 18.7 Å². The van der Waals surface area contributed by atoms with Crippen LogP contribution in [-0.2, 0) is 11.3 Å². The highest BCUT2D eigenvalue weighted by Gasteiger charge is 2.27. The van der Waals surface area contributed by atoms with Gasteiger partial charge >= 0.3 is 0 Å². The summed E-state index contributed by atoms with van der Waals surface area (Å²) in [6.07, 6.45) is 6.18. The summed E-state index contributed by atoms with van der Waals surface area (Å²) < 4.78 is 6.46. The van der Waals surface area contributed by atoms with Crippen LogP contribution < -0.4 is 5.73 Å². The number of hydrogen-bond donors (Lipinski definition) is 1. The van der Waals surface area contributed by atoms with Crippen LogP contribution in [0.25, 0.3) is 0 Å². The SMILES string of the molecule is COC1CCN(Cc2cncc(Br)c2)C(CN)C1.Cl. The summed E-state index contributed by atoms with van der Waals surface area (Å²) in [5, 5.41) is 0. The number of ether oxygens (including phenoxy) is 1. The number of likely N-dealkylation sites (tertiary alicyclic amines) is 1. The molecule has 1 aromatic rings. The number of piperidine rings is 1. The van der Waals surface area contributed by atoms with Crippen molar-refractivity contribution in [3.63, 3.8) is 0 Å². The molecule has 0 aliphatic carbocycles. The Hall–Kier alpha value is -0.200. The Morgan fingerprint density at radius 2 is 2.32 bits per heavy atom. The molecule has 1 fully saturated rings. The molecule has 2 heterocycles. The molecule has 0 saturated carbocycles. The molecule has 0 bridgehead atoms. The van der Waals surface area contributed by atoms with Crippen LogP contribution in [0.15, 0.2) is 22.9 Å². The highest BCUT2D eigenvalue weighted by atomic mass is 79.9. The Morgan fingerprint density at radius 1 is 1.53 bits per heavy atom. The molecule has 2 atom stereocenters. The van der Waals surface area contributed by atoms with Crippen molar-refractivity contribution in [2.75, 3.05) is 20.2 Å². The topological polar surface area (TPSA) is 51.4 Å². The van der Waals surface area contributed by atoms with Gasteiger partial charge in [-0.1, -0.05) is 0 Å². The Morgan fingerprint density at radius 3 is 2.95 bits per heavy atom. The zero-order chi connectivity index (χ0) is 13.0. The smallest absolute Gasteiger partial charge is 0.0599 e. The summed E-state index contributed by atoms with van der Waals surface area (Å²) in [7, 11) is 1.78. The molecule has 2 N–H and O–H groups in total. The molecule has 0 amide bonds. The number of hydrogen-bond acceptors (Lipinski definition) is 4. The maximum absolute atomic E-state index is 5.87. The predicted molar refractivity (Wildman–Crippen MR) is 82.5 cm³/mol. The lowest BCUT2D eigenvalue weighted by Gasteiger charge is -2.38. The number of nitrogens with two attached hydrogens (primary N) is 1. The number of pyridine rings is 1. The summed E-state index contributed by atoms with van der Waals surface area (Å²) >= 11 is 3.45. The molecule has 6 heteroatoms. The molecule has 2 unspecified atom stereocenters. The van der Waals surface area contributed by atoms with Crippen LogP contribution in [-0.4, -0.2) is 42.2 Å². The van der Waals surface area contributed by atoms with E-state index in [2.05, 4.69) is 31.9 Å². The molecule has 1 aliphatic rings. The van der Waals surface area contributed by atoms with Crippen LogP contribution in [0.2, 0.25) is 0 Å². The largest absolute Gasteiger partial charge is 0.381 e. The van der Waals surface area contributed by atoms with Gasteiger partial charge in [-0.25, -0.2) is 0 Å². The maximum Gasteiger partial charge on any atom is 0.0599 e. The third kappa shape index (κ3) is 4.68. The van der Waals surface area contributed by atoms with E-state index in [1.165, 1.54) is 5.56 Å².